The van der Waals surface area contributed by atoms with Gasteiger partial charge in [-0.15, -0.1) is 0 Å². The second-order valence-corrected chi connectivity index (χ2v) is 4.90. The van der Waals surface area contributed by atoms with Crippen molar-refractivity contribution >= 4 is 17.8 Å². The topological polar surface area (TPSA) is 105 Å². The van der Waals surface area contributed by atoms with E-state index in [2.05, 4.69) is 5.32 Å². The molecule has 24 heavy (non-hydrogen) atoms. The number of carbonyl (C=O) groups is 3. The number of hydrogen-bond donors (Lipinski definition) is 1. The summed E-state index contributed by atoms with van der Waals surface area (Å²) in [7, 11) is 0. The van der Waals surface area contributed by atoms with Crippen LogP contribution in [0.2, 0.25) is 0 Å². The molecule has 1 N–H and O–H groups in total. The molecule has 1 atom stereocenters. The molecule has 7 heteroatoms. The smallest absolute Gasteiger partial charge is 0.322 e. The number of nitrogens with one attached hydrogen (secondary N) is 1. The highest BCUT2D eigenvalue weighted by Gasteiger charge is 2.39. The zero-order valence-corrected chi connectivity index (χ0v) is 13.9. The Hall–Kier alpha value is -2.88. The SMILES string of the molecule is CCOC(=O)C(C(=O)OCC)C(NC(C)=O)c1cccc(C#N)c1. The van der Waals surface area contributed by atoms with E-state index in [-0.39, 0.29) is 13.2 Å². The van der Waals surface area contributed by atoms with Crippen molar-refractivity contribution < 1.29 is 23.9 Å². The Morgan fingerprint density at radius 2 is 1.75 bits per heavy atom. The van der Waals surface area contributed by atoms with Gasteiger partial charge < -0.3 is 14.8 Å². The Morgan fingerprint density at radius 3 is 2.21 bits per heavy atom. The molecule has 1 rings (SSSR count). The molecule has 0 aliphatic carbocycles. The summed E-state index contributed by atoms with van der Waals surface area (Å²) in [5.74, 6) is -3.38. The molecule has 0 bridgehead atoms. The molecule has 128 valence electrons. The minimum atomic E-state index is -1.36. The average Bonchev–Trinajstić information content (AvgIpc) is 2.54. The van der Waals surface area contributed by atoms with Crippen molar-refractivity contribution in [1.29, 1.82) is 5.26 Å². The zero-order valence-electron chi connectivity index (χ0n) is 13.9. The van der Waals surface area contributed by atoms with E-state index in [4.69, 9.17) is 14.7 Å². The van der Waals surface area contributed by atoms with Crippen molar-refractivity contribution in [2.75, 3.05) is 13.2 Å². The number of nitrogens with zero attached hydrogens (tertiary/aromatic N) is 1. The molecule has 0 aliphatic heterocycles. The van der Waals surface area contributed by atoms with Crippen LogP contribution in [0.5, 0.6) is 0 Å². The van der Waals surface area contributed by atoms with Gasteiger partial charge in [0.15, 0.2) is 5.92 Å². The first-order valence-corrected chi connectivity index (χ1v) is 7.55. The third kappa shape index (κ3) is 5.09. The van der Waals surface area contributed by atoms with E-state index in [0.29, 0.717) is 11.1 Å². The van der Waals surface area contributed by atoms with E-state index in [1.165, 1.54) is 13.0 Å². The van der Waals surface area contributed by atoms with Crippen LogP contribution in [0, 0.1) is 17.2 Å². The largest absolute Gasteiger partial charge is 0.465 e. The Kier molecular flexibility index (Phi) is 7.43. The van der Waals surface area contributed by atoms with Crippen LogP contribution in [0.15, 0.2) is 24.3 Å². The van der Waals surface area contributed by atoms with Crippen molar-refractivity contribution in [1.82, 2.24) is 5.32 Å². The molecule has 0 saturated carbocycles. The van der Waals surface area contributed by atoms with E-state index in [0.717, 1.165) is 0 Å². The van der Waals surface area contributed by atoms with Gasteiger partial charge in [0, 0.05) is 6.92 Å². The molecule has 1 aromatic rings. The molecule has 0 fully saturated rings. The highest BCUT2D eigenvalue weighted by Crippen LogP contribution is 2.26. The van der Waals surface area contributed by atoms with Gasteiger partial charge in [0.05, 0.1) is 30.9 Å². The number of hydrogen-bond acceptors (Lipinski definition) is 6. The summed E-state index contributed by atoms with van der Waals surface area (Å²) in [5, 5.41) is 11.6. The quantitative estimate of drug-likeness (QED) is 0.599. The minimum absolute atomic E-state index is 0.0831. The molecule has 0 spiro atoms. The van der Waals surface area contributed by atoms with Crippen LogP contribution < -0.4 is 5.32 Å². The van der Waals surface area contributed by atoms with E-state index in [9.17, 15) is 14.4 Å². The predicted octanol–water partition coefficient (Wildman–Crippen LogP) is 1.48. The number of ether oxygens (including phenoxy) is 2. The lowest BCUT2D eigenvalue weighted by molar-refractivity contribution is -0.163. The van der Waals surface area contributed by atoms with Gasteiger partial charge in [0.1, 0.15) is 0 Å². The summed E-state index contributed by atoms with van der Waals surface area (Å²) in [6.07, 6.45) is 0. The lowest BCUT2D eigenvalue weighted by Crippen LogP contribution is -2.41. The summed E-state index contributed by atoms with van der Waals surface area (Å²) < 4.78 is 9.91. The van der Waals surface area contributed by atoms with Crippen LogP contribution in [0.3, 0.4) is 0 Å². The van der Waals surface area contributed by atoms with Crippen molar-refractivity contribution in [2.24, 2.45) is 5.92 Å². The summed E-state index contributed by atoms with van der Waals surface area (Å²) in [4.78, 5) is 36.1. The van der Waals surface area contributed by atoms with Crippen molar-refractivity contribution in [3.8, 4) is 6.07 Å². The molecule has 0 aliphatic rings. The van der Waals surface area contributed by atoms with Crippen LogP contribution in [0.25, 0.3) is 0 Å². The molecular weight excluding hydrogens is 312 g/mol. The first-order chi connectivity index (χ1) is 11.4. The van der Waals surface area contributed by atoms with Gasteiger partial charge in [-0.25, -0.2) is 0 Å². The van der Waals surface area contributed by atoms with Crippen LogP contribution in [-0.2, 0) is 23.9 Å². The van der Waals surface area contributed by atoms with Gasteiger partial charge in [0.2, 0.25) is 5.91 Å². The number of nitriles is 1. The maximum absolute atomic E-state index is 12.3. The molecule has 0 radical (unpaired) electrons. The van der Waals surface area contributed by atoms with Crippen molar-refractivity contribution in [3.05, 3.63) is 35.4 Å². The lowest BCUT2D eigenvalue weighted by Gasteiger charge is -2.25. The van der Waals surface area contributed by atoms with Crippen molar-refractivity contribution in [3.63, 3.8) is 0 Å². The van der Waals surface area contributed by atoms with E-state index in [1.54, 1.807) is 32.0 Å². The van der Waals surface area contributed by atoms with Gasteiger partial charge >= 0.3 is 11.9 Å². The number of rotatable bonds is 7. The average molecular weight is 332 g/mol. The maximum atomic E-state index is 12.3. The Labute approximate surface area is 140 Å². The fourth-order valence-electron chi connectivity index (χ4n) is 2.21. The Morgan fingerprint density at radius 1 is 1.17 bits per heavy atom. The standard InChI is InChI=1S/C17H20N2O5/c1-4-23-16(21)14(17(22)24-5-2)15(19-11(3)20)13-8-6-7-12(9-13)10-18/h6-9,14-15H,4-5H2,1-3H3,(H,19,20). The van der Waals surface area contributed by atoms with Gasteiger partial charge in [-0.1, -0.05) is 12.1 Å². The number of benzene rings is 1. The molecule has 1 aromatic carbocycles. The van der Waals surface area contributed by atoms with Gasteiger partial charge in [-0.3, -0.25) is 14.4 Å². The van der Waals surface area contributed by atoms with E-state index in [1.807, 2.05) is 6.07 Å². The highest BCUT2D eigenvalue weighted by atomic mass is 16.6. The first-order valence-electron chi connectivity index (χ1n) is 7.55. The van der Waals surface area contributed by atoms with Crippen molar-refractivity contribution in [2.45, 2.75) is 26.8 Å². The molecule has 0 aromatic heterocycles. The fraction of sp³-hybridized carbons (Fsp3) is 0.412. The van der Waals surface area contributed by atoms with Crippen LogP contribution in [-0.4, -0.2) is 31.1 Å². The summed E-state index contributed by atoms with van der Waals surface area (Å²) in [5.41, 5.74) is 0.782. The molecule has 0 saturated heterocycles. The summed E-state index contributed by atoms with van der Waals surface area (Å²) in [6.45, 7) is 4.67. The normalized spacial score (nSPS) is 11.3. The lowest BCUT2D eigenvalue weighted by atomic mass is 9.91. The predicted molar refractivity (Wildman–Crippen MR) is 84.5 cm³/mol. The van der Waals surface area contributed by atoms with Crippen LogP contribution >= 0.6 is 0 Å². The van der Waals surface area contributed by atoms with Crippen LogP contribution in [0.4, 0.5) is 0 Å². The fourth-order valence-corrected chi connectivity index (χ4v) is 2.21. The van der Waals surface area contributed by atoms with Gasteiger partial charge in [0.25, 0.3) is 0 Å². The summed E-state index contributed by atoms with van der Waals surface area (Å²) >= 11 is 0. The number of esters is 2. The molecule has 1 unspecified atom stereocenters. The Bertz CT molecular complexity index is 633. The van der Waals surface area contributed by atoms with Crippen LogP contribution in [0.1, 0.15) is 37.9 Å². The number of amides is 1. The second kappa shape index (κ2) is 9.30. The van der Waals surface area contributed by atoms with Gasteiger partial charge in [-0.05, 0) is 31.5 Å². The number of carbonyl (C=O) groups excluding carboxylic acids is 3. The highest BCUT2D eigenvalue weighted by molar-refractivity contribution is 5.96. The molecule has 7 nitrogen and oxygen atoms in total. The van der Waals surface area contributed by atoms with E-state index >= 15 is 0 Å². The molecular formula is C17H20N2O5. The van der Waals surface area contributed by atoms with Gasteiger partial charge in [-0.2, -0.15) is 5.26 Å². The molecule has 0 heterocycles. The maximum Gasteiger partial charge on any atom is 0.322 e. The monoisotopic (exact) mass is 332 g/mol. The summed E-state index contributed by atoms with van der Waals surface area (Å²) in [6, 6.07) is 7.30. The zero-order chi connectivity index (χ0) is 18.1. The third-order valence-electron chi connectivity index (χ3n) is 3.15. The molecule has 1 amide bonds. The second-order valence-electron chi connectivity index (χ2n) is 4.90. The third-order valence-corrected chi connectivity index (χ3v) is 3.15. The van der Waals surface area contributed by atoms with E-state index < -0.39 is 29.8 Å². The minimum Gasteiger partial charge on any atom is -0.465 e. The Balaban J connectivity index is 3.34. The first kappa shape index (κ1) is 19.2.